The number of rotatable bonds is 2. The number of hydrogen-bond donors (Lipinski definition) is 0. The van der Waals surface area contributed by atoms with Crippen LogP contribution in [0.15, 0.2) is 88.8 Å². The van der Waals surface area contributed by atoms with Gasteiger partial charge >= 0.3 is 0 Å². The fraction of sp³-hybridized carbons (Fsp3) is 0.0909. The molecule has 3 aromatic carbocycles. The molecule has 1 aliphatic rings. The monoisotopic (exact) mass is 310 g/mol. The first kappa shape index (κ1) is 14.6. The van der Waals surface area contributed by atoms with Crippen molar-refractivity contribution in [2.75, 3.05) is 0 Å². The zero-order chi connectivity index (χ0) is 16.4. The standard InChI is InChI=1S/C22H18N2/c1-16-12-13-19-22(14-16)24-21(18-10-6-3-7-11-18)15-20(23-19)17-8-4-2-5-9-17/h2-14H,15H2,1H3. The van der Waals surface area contributed by atoms with Gasteiger partial charge in [0.1, 0.15) is 0 Å². The zero-order valence-corrected chi connectivity index (χ0v) is 13.6. The van der Waals surface area contributed by atoms with Crippen molar-refractivity contribution in [1.29, 1.82) is 0 Å². The molecule has 3 aromatic rings. The van der Waals surface area contributed by atoms with Gasteiger partial charge in [0.15, 0.2) is 0 Å². The number of fused-ring (bicyclic) bond motifs is 1. The van der Waals surface area contributed by atoms with Crippen LogP contribution < -0.4 is 0 Å². The van der Waals surface area contributed by atoms with Gasteiger partial charge in [-0.05, 0) is 35.7 Å². The summed E-state index contributed by atoms with van der Waals surface area (Å²) in [5.74, 6) is 0. The highest BCUT2D eigenvalue weighted by atomic mass is 14.9. The molecule has 0 aromatic heterocycles. The Labute approximate surface area is 142 Å². The number of nitrogens with zero attached hydrogens (tertiary/aromatic N) is 2. The lowest BCUT2D eigenvalue weighted by Gasteiger charge is -2.07. The van der Waals surface area contributed by atoms with E-state index in [1.54, 1.807) is 0 Å². The topological polar surface area (TPSA) is 24.7 Å². The molecule has 0 atom stereocenters. The molecule has 116 valence electrons. The van der Waals surface area contributed by atoms with Crippen LogP contribution in [0, 0.1) is 6.92 Å². The van der Waals surface area contributed by atoms with Gasteiger partial charge < -0.3 is 0 Å². The first-order valence-electron chi connectivity index (χ1n) is 8.16. The van der Waals surface area contributed by atoms with Crippen LogP contribution in [0.2, 0.25) is 0 Å². The summed E-state index contributed by atoms with van der Waals surface area (Å²) >= 11 is 0. The Hall–Kier alpha value is -3.00. The minimum atomic E-state index is 0.724. The van der Waals surface area contributed by atoms with E-state index in [4.69, 9.17) is 9.98 Å². The Kier molecular flexibility index (Phi) is 3.80. The summed E-state index contributed by atoms with van der Waals surface area (Å²) in [5, 5.41) is 0. The largest absolute Gasteiger partial charge is 0.250 e. The van der Waals surface area contributed by atoms with Crippen LogP contribution in [0.4, 0.5) is 11.4 Å². The van der Waals surface area contributed by atoms with E-state index in [-0.39, 0.29) is 0 Å². The van der Waals surface area contributed by atoms with Crippen LogP contribution in [-0.2, 0) is 0 Å². The molecule has 0 bridgehead atoms. The molecule has 24 heavy (non-hydrogen) atoms. The lowest BCUT2D eigenvalue weighted by molar-refractivity contribution is 1.39. The molecule has 0 aliphatic carbocycles. The Morgan fingerprint density at radius 3 is 1.75 bits per heavy atom. The summed E-state index contributed by atoms with van der Waals surface area (Å²) in [6.45, 7) is 2.09. The van der Waals surface area contributed by atoms with Crippen molar-refractivity contribution in [2.24, 2.45) is 9.98 Å². The average molecular weight is 310 g/mol. The van der Waals surface area contributed by atoms with Crippen LogP contribution >= 0.6 is 0 Å². The second kappa shape index (κ2) is 6.25. The van der Waals surface area contributed by atoms with Crippen LogP contribution in [0.1, 0.15) is 23.1 Å². The number of aliphatic imine (C=N–C) groups is 2. The van der Waals surface area contributed by atoms with Crippen LogP contribution in [0.25, 0.3) is 0 Å². The molecule has 2 nitrogen and oxygen atoms in total. The molecule has 1 heterocycles. The molecule has 0 spiro atoms. The van der Waals surface area contributed by atoms with Gasteiger partial charge in [-0.3, -0.25) is 9.98 Å². The third-order valence-electron chi connectivity index (χ3n) is 4.19. The van der Waals surface area contributed by atoms with Gasteiger partial charge in [-0.25, -0.2) is 0 Å². The van der Waals surface area contributed by atoms with Gasteiger partial charge in [-0.1, -0.05) is 66.7 Å². The van der Waals surface area contributed by atoms with Crippen molar-refractivity contribution in [3.05, 3.63) is 95.6 Å². The summed E-state index contributed by atoms with van der Waals surface area (Å²) in [6, 6.07) is 27.0. The third-order valence-corrected chi connectivity index (χ3v) is 4.19. The quantitative estimate of drug-likeness (QED) is 0.585. The van der Waals surface area contributed by atoms with E-state index in [0.717, 1.165) is 40.3 Å². The maximum absolute atomic E-state index is 4.95. The first-order chi connectivity index (χ1) is 11.8. The number of hydrogen-bond acceptors (Lipinski definition) is 2. The van der Waals surface area contributed by atoms with E-state index in [0.29, 0.717) is 0 Å². The third kappa shape index (κ3) is 2.91. The molecule has 2 heteroatoms. The highest BCUT2D eigenvalue weighted by Gasteiger charge is 2.16. The molecule has 0 N–H and O–H groups in total. The SMILES string of the molecule is Cc1ccc2c(c1)N=C(c1ccccc1)CC(c1ccccc1)=N2. The summed E-state index contributed by atoms with van der Waals surface area (Å²) < 4.78 is 0. The molecule has 4 rings (SSSR count). The molecule has 0 unspecified atom stereocenters. The van der Waals surface area contributed by atoms with E-state index >= 15 is 0 Å². The second-order valence-corrected chi connectivity index (χ2v) is 6.02. The van der Waals surface area contributed by atoms with Crippen LogP contribution in [-0.4, -0.2) is 11.4 Å². The van der Waals surface area contributed by atoms with Crippen molar-refractivity contribution in [3.63, 3.8) is 0 Å². The fourth-order valence-electron chi connectivity index (χ4n) is 2.94. The smallest absolute Gasteiger partial charge is 0.0892 e. The van der Waals surface area contributed by atoms with E-state index in [9.17, 15) is 0 Å². The van der Waals surface area contributed by atoms with Gasteiger partial charge in [0.25, 0.3) is 0 Å². The second-order valence-electron chi connectivity index (χ2n) is 6.02. The van der Waals surface area contributed by atoms with Crippen molar-refractivity contribution in [3.8, 4) is 0 Å². The Morgan fingerprint density at radius 1 is 0.625 bits per heavy atom. The Bertz CT molecular complexity index is 923. The predicted octanol–water partition coefficient (Wildman–Crippen LogP) is 5.64. The van der Waals surface area contributed by atoms with Gasteiger partial charge in [0, 0.05) is 6.42 Å². The summed E-state index contributed by atoms with van der Waals surface area (Å²) in [6.07, 6.45) is 0.724. The van der Waals surface area contributed by atoms with Gasteiger partial charge in [0.05, 0.1) is 22.8 Å². The van der Waals surface area contributed by atoms with Crippen LogP contribution in [0.5, 0.6) is 0 Å². The maximum Gasteiger partial charge on any atom is 0.0892 e. The normalized spacial score (nSPS) is 13.5. The van der Waals surface area contributed by atoms with Crippen molar-refractivity contribution in [1.82, 2.24) is 0 Å². The summed E-state index contributed by atoms with van der Waals surface area (Å²) in [7, 11) is 0. The van der Waals surface area contributed by atoms with E-state index in [1.165, 1.54) is 5.56 Å². The Balaban J connectivity index is 1.89. The Morgan fingerprint density at radius 2 is 1.17 bits per heavy atom. The van der Waals surface area contributed by atoms with E-state index in [2.05, 4.69) is 73.7 Å². The highest BCUT2D eigenvalue weighted by molar-refractivity contribution is 6.20. The maximum atomic E-state index is 4.95. The molecule has 0 saturated carbocycles. The molecule has 1 aliphatic heterocycles. The lowest BCUT2D eigenvalue weighted by Crippen LogP contribution is -2.09. The van der Waals surface area contributed by atoms with Gasteiger partial charge in [0.2, 0.25) is 0 Å². The average Bonchev–Trinajstić information content (AvgIpc) is 2.82. The predicted molar refractivity (Wildman–Crippen MR) is 101 cm³/mol. The minimum Gasteiger partial charge on any atom is -0.250 e. The molecule has 0 amide bonds. The van der Waals surface area contributed by atoms with Crippen molar-refractivity contribution in [2.45, 2.75) is 13.3 Å². The molecule has 0 saturated heterocycles. The van der Waals surface area contributed by atoms with Gasteiger partial charge in [-0.15, -0.1) is 0 Å². The lowest BCUT2D eigenvalue weighted by atomic mass is 10.00. The molecule has 0 fully saturated rings. The summed E-state index contributed by atoms with van der Waals surface area (Å²) in [4.78, 5) is 9.88. The van der Waals surface area contributed by atoms with E-state index in [1.807, 2.05) is 12.1 Å². The summed E-state index contributed by atoms with van der Waals surface area (Å²) in [5.41, 5.74) is 7.49. The molecular weight excluding hydrogens is 292 g/mol. The molecule has 0 radical (unpaired) electrons. The zero-order valence-electron chi connectivity index (χ0n) is 13.6. The highest BCUT2D eigenvalue weighted by Crippen LogP contribution is 2.33. The first-order valence-corrected chi connectivity index (χ1v) is 8.16. The van der Waals surface area contributed by atoms with E-state index < -0.39 is 0 Å². The molecular formula is C22H18N2. The number of benzene rings is 3. The number of aryl methyl sites for hydroxylation is 1. The van der Waals surface area contributed by atoms with Crippen molar-refractivity contribution < 1.29 is 0 Å². The van der Waals surface area contributed by atoms with Gasteiger partial charge in [-0.2, -0.15) is 0 Å². The van der Waals surface area contributed by atoms with Crippen molar-refractivity contribution >= 4 is 22.8 Å². The minimum absolute atomic E-state index is 0.724. The fourth-order valence-corrected chi connectivity index (χ4v) is 2.94. The van der Waals surface area contributed by atoms with Crippen LogP contribution in [0.3, 0.4) is 0 Å².